The lowest BCUT2D eigenvalue weighted by atomic mass is 9.98. The average molecular weight is 911 g/mol. The van der Waals surface area contributed by atoms with E-state index >= 15 is 22.0 Å². The van der Waals surface area contributed by atoms with Gasteiger partial charge in [0.1, 0.15) is 5.56 Å². The number of alkyl halides is 3. The molecule has 8 heteroatoms. The first-order valence-corrected chi connectivity index (χ1v) is 22.4. The van der Waals surface area contributed by atoms with Crippen molar-refractivity contribution >= 4 is 43.6 Å². The Balaban J connectivity index is 1.22. The molecule has 0 radical (unpaired) electrons. The Morgan fingerprint density at radius 3 is 0.826 bits per heavy atom. The Bertz CT molecular complexity index is 3510. The van der Waals surface area contributed by atoms with E-state index in [1.807, 2.05) is 194 Å². The van der Waals surface area contributed by atoms with Crippen LogP contribution in [0.3, 0.4) is 0 Å². The van der Waals surface area contributed by atoms with Gasteiger partial charge in [0.25, 0.3) is 0 Å². The second kappa shape index (κ2) is 16.3. The molecule has 0 saturated carbocycles. The van der Waals surface area contributed by atoms with E-state index in [4.69, 9.17) is 0 Å². The van der Waals surface area contributed by atoms with Crippen molar-refractivity contribution in [1.82, 2.24) is 9.13 Å². The molecule has 0 atom stereocenters. The highest BCUT2D eigenvalue weighted by atomic mass is 19.4. The largest absolute Gasteiger partial charge is 0.420 e. The van der Waals surface area contributed by atoms with Gasteiger partial charge in [-0.15, -0.1) is 0 Å². The van der Waals surface area contributed by atoms with Crippen LogP contribution in [0.5, 0.6) is 0 Å². The number of hydrogen-bond acceptors (Lipinski definition) is 0. The Labute approximate surface area is 392 Å². The topological polar surface area (TPSA) is 9.86 Å². The fourth-order valence-corrected chi connectivity index (χ4v) is 9.95. The number of halogens is 6. The molecule has 0 bridgehead atoms. The molecule has 12 rings (SSSR count). The van der Waals surface area contributed by atoms with Crippen molar-refractivity contribution < 1.29 is 26.3 Å². The van der Waals surface area contributed by atoms with Crippen LogP contribution < -0.4 is 0 Å². The lowest BCUT2D eigenvalue weighted by molar-refractivity contribution is -0.137. The van der Waals surface area contributed by atoms with Gasteiger partial charge in [0, 0.05) is 21.5 Å². The Kier molecular flexibility index (Phi) is 9.88. The number of benzene rings is 10. The highest BCUT2D eigenvalue weighted by Crippen LogP contribution is 2.48. The summed E-state index contributed by atoms with van der Waals surface area (Å²) in [6.45, 7) is 0. The zero-order valence-electron chi connectivity index (χ0n) is 36.4. The molecule has 69 heavy (non-hydrogen) atoms. The van der Waals surface area contributed by atoms with Gasteiger partial charge in [-0.2, -0.15) is 13.2 Å². The van der Waals surface area contributed by atoms with E-state index in [9.17, 15) is 4.39 Å². The monoisotopic (exact) mass is 910 g/mol. The third-order valence-electron chi connectivity index (χ3n) is 13.1. The van der Waals surface area contributed by atoms with Crippen LogP contribution >= 0.6 is 0 Å². The first-order valence-electron chi connectivity index (χ1n) is 22.4. The third-order valence-corrected chi connectivity index (χ3v) is 13.1. The predicted molar refractivity (Wildman–Crippen MR) is 267 cm³/mol. The average Bonchev–Trinajstić information content (AvgIpc) is 3.89. The summed E-state index contributed by atoms with van der Waals surface area (Å²) in [4.78, 5) is 0. The molecule has 332 valence electrons. The van der Waals surface area contributed by atoms with Gasteiger partial charge in [0.2, 0.25) is 0 Å². The molecule has 2 heterocycles. The number of nitrogens with zero attached hydrogens (tertiary/aromatic N) is 2. The van der Waals surface area contributed by atoms with Gasteiger partial charge in [-0.1, -0.05) is 146 Å². The van der Waals surface area contributed by atoms with Gasteiger partial charge in [-0.3, -0.25) is 0 Å². The minimum Gasteiger partial charge on any atom is -0.309 e. The molecule has 2 nitrogen and oxygen atoms in total. The smallest absolute Gasteiger partial charge is 0.309 e. The second-order valence-electron chi connectivity index (χ2n) is 17.2. The van der Waals surface area contributed by atoms with Crippen molar-refractivity contribution in [2.75, 3.05) is 0 Å². The summed E-state index contributed by atoms with van der Waals surface area (Å²) in [6, 6.07) is 66.0. The molecule has 0 saturated heterocycles. The van der Waals surface area contributed by atoms with Gasteiger partial charge in [0.15, 0.2) is 17.5 Å². The molecule has 0 N–H and O–H groups in total. The van der Waals surface area contributed by atoms with Gasteiger partial charge in [0.05, 0.1) is 33.4 Å². The first kappa shape index (κ1) is 41.8. The molecular formula is C61H36F6N2. The van der Waals surface area contributed by atoms with Gasteiger partial charge in [-0.25, -0.2) is 13.2 Å². The van der Waals surface area contributed by atoms with E-state index in [0.29, 0.717) is 43.6 Å². The quantitative estimate of drug-likeness (QED) is 0.111. The van der Waals surface area contributed by atoms with E-state index < -0.39 is 29.2 Å². The Morgan fingerprint density at radius 1 is 0.275 bits per heavy atom. The molecular weight excluding hydrogens is 875 g/mol. The van der Waals surface area contributed by atoms with E-state index in [-0.39, 0.29) is 22.5 Å². The van der Waals surface area contributed by atoms with Crippen LogP contribution in [0.4, 0.5) is 26.3 Å². The second-order valence-corrected chi connectivity index (χ2v) is 17.2. The Hall–Kier alpha value is -8.62. The molecule has 0 aliphatic heterocycles. The summed E-state index contributed by atoms with van der Waals surface area (Å²) < 4.78 is 98.7. The lowest BCUT2D eigenvalue weighted by Gasteiger charge is -2.23. The summed E-state index contributed by atoms with van der Waals surface area (Å²) in [6.07, 6.45) is -5.00. The molecule has 0 unspecified atom stereocenters. The first-order chi connectivity index (χ1) is 33.6. The number of hydrogen-bond donors (Lipinski definition) is 0. The van der Waals surface area contributed by atoms with Crippen molar-refractivity contribution in [3.63, 3.8) is 0 Å². The highest BCUT2D eigenvalue weighted by molar-refractivity contribution is 6.13. The van der Waals surface area contributed by atoms with E-state index in [0.717, 1.165) is 56.6 Å². The maximum absolute atomic E-state index is 16.8. The van der Waals surface area contributed by atoms with Crippen molar-refractivity contribution in [3.8, 4) is 67.0 Å². The molecule has 0 fully saturated rings. The highest BCUT2D eigenvalue weighted by Gasteiger charge is 2.40. The van der Waals surface area contributed by atoms with E-state index in [1.165, 1.54) is 12.1 Å². The van der Waals surface area contributed by atoms with Crippen LogP contribution in [-0.2, 0) is 6.18 Å². The summed E-state index contributed by atoms with van der Waals surface area (Å²) >= 11 is 0. The van der Waals surface area contributed by atoms with Crippen LogP contribution in [0.2, 0.25) is 0 Å². The van der Waals surface area contributed by atoms with Crippen molar-refractivity contribution in [1.29, 1.82) is 0 Å². The SMILES string of the molecule is Fc1cc(-c2cc(-n3c4ccc(-c5ccccc5)cc4c4cc(-c5ccccc5)ccc43)c(C(F)(F)F)c(-n3c4ccc(-c5ccccc5)cc4c4cc(-c5ccccc5)ccc43)c2)cc(F)c1F. The van der Waals surface area contributed by atoms with Crippen LogP contribution in [0.1, 0.15) is 5.56 Å². The Morgan fingerprint density at radius 2 is 0.551 bits per heavy atom. The molecule has 0 aliphatic carbocycles. The molecule has 10 aromatic carbocycles. The lowest BCUT2D eigenvalue weighted by Crippen LogP contribution is -2.16. The van der Waals surface area contributed by atoms with E-state index in [2.05, 4.69) is 0 Å². The fourth-order valence-electron chi connectivity index (χ4n) is 9.95. The van der Waals surface area contributed by atoms with Crippen molar-refractivity contribution in [2.45, 2.75) is 6.18 Å². The zero-order chi connectivity index (χ0) is 47.0. The predicted octanol–water partition coefficient (Wildman–Crippen LogP) is 17.7. The third kappa shape index (κ3) is 7.15. The molecule has 0 amide bonds. The molecule has 12 aromatic rings. The normalized spacial score (nSPS) is 11.9. The minimum atomic E-state index is -5.00. The summed E-state index contributed by atoms with van der Waals surface area (Å²) in [5.74, 6) is -4.61. The number of aromatic nitrogens is 2. The van der Waals surface area contributed by atoms with Crippen molar-refractivity contribution in [3.05, 3.63) is 241 Å². The summed E-state index contributed by atoms with van der Waals surface area (Å²) in [5, 5.41) is 2.78. The number of fused-ring (bicyclic) bond motifs is 6. The molecule has 0 aliphatic rings. The van der Waals surface area contributed by atoms with Gasteiger partial charge < -0.3 is 9.13 Å². The maximum Gasteiger partial charge on any atom is 0.420 e. The van der Waals surface area contributed by atoms with Gasteiger partial charge in [-0.05, 0) is 128 Å². The standard InChI is InChI=1S/C61H36F6N2/c62-51-33-45(34-52(63)60(51)64)46-35-57(68-53-25-21-41(37-13-5-1-6-14-37)29-47(53)48-30-42(22-26-54(48)68)38-15-7-2-8-16-38)59(61(65,66)67)58(36-46)69-55-27-23-43(39-17-9-3-10-18-39)31-49(55)50-32-44(24-28-56(50)69)40-19-11-4-12-20-40/h1-36H. The van der Waals surface area contributed by atoms with Crippen LogP contribution in [0.25, 0.3) is 111 Å². The van der Waals surface area contributed by atoms with Crippen LogP contribution in [0, 0.1) is 17.5 Å². The van der Waals surface area contributed by atoms with Gasteiger partial charge >= 0.3 is 6.18 Å². The maximum atomic E-state index is 16.8. The van der Waals surface area contributed by atoms with Crippen LogP contribution in [0.15, 0.2) is 218 Å². The van der Waals surface area contributed by atoms with Crippen LogP contribution in [-0.4, -0.2) is 9.13 Å². The fraction of sp³-hybridized carbons (Fsp3) is 0.0164. The minimum absolute atomic E-state index is 0.0411. The summed E-state index contributed by atoms with van der Waals surface area (Å²) in [7, 11) is 0. The van der Waals surface area contributed by atoms with E-state index in [1.54, 1.807) is 9.13 Å². The van der Waals surface area contributed by atoms with Crippen molar-refractivity contribution in [2.24, 2.45) is 0 Å². The molecule has 2 aromatic heterocycles. The zero-order valence-corrected chi connectivity index (χ0v) is 36.4. The number of rotatable bonds is 7. The molecule has 0 spiro atoms. The summed E-state index contributed by atoms with van der Waals surface area (Å²) in [5.41, 5.74) is 7.43.